The summed E-state index contributed by atoms with van der Waals surface area (Å²) in [6.45, 7) is 0. The Labute approximate surface area is 129 Å². The summed E-state index contributed by atoms with van der Waals surface area (Å²) in [6.07, 6.45) is 1.45. The van der Waals surface area contributed by atoms with Crippen LogP contribution in [0.15, 0.2) is 47.6 Å². The number of aromatic nitrogens is 2. The molecule has 0 amide bonds. The fraction of sp³-hybridized carbons (Fsp3) is 0. The van der Waals surface area contributed by atoms with E-state index in [1.54, 1.807) is 6.07 Å². The topological polar surface area (TPSA) is 96.2 Å². The van der Waals surface area contributed by atoms with Crippen LogP contribution in [0.3, 0.4) is 0 Å². The van der Waals surface area contributed by atoms with Gasteiger partial charge in [-0.15, -0.1) is 0 Å². The first-order valence-corrected chi connectivity index (χ1v) is 6.69. The Hall–Kier alpha value is -2.93. The molecule has 0 aliphatic rings. The van der Waals surface area contributed by atoms with E-state index in [0.717, 1.165) is 11.0 Å². The zero-order chi connectivity index (χ0) is 15.5. The first kappa shape index (κ1) is 14.0. The standard InChI is InChI=1S/C14H10ClN5O2/c15-10-6-5-9(7-13(10)20(21)22)8-16-19-14-17-11-3-1-2-4-12(11)18-14/h1-8H,(H2,17,18,19)/b16-8+. The van der Waals surface area contributed by atoms with Crippen molar-refractivity contribution in [1.82, 2.24) is 9.97 Å². The van der Waals surface area contributed by atoms with Crippen LogP contribution in [0.2, 0.25) is 5.02 Å². The molecule has 22 heavy (non-hydrogen) atoms. The van der Waals surface area contributed by atoms with Crippen LogP contribution in [-0.4, -0.2) is 21.1 Å². The van der Waals surface area contributed by atoms with Gasteiger partial charge in [0.2, 0.25) is 5.95 Å². The van der Waals surface area contributed by atoms with Gasteiger partial charge in [-0.25, -0.2) is 10.4 Å². The van der Waals surface area contributed by atoms with E-state index in [0.29, 0.717) is 11.5 Å². The molecule has 1 aromatic heterocycles. The average molecular weight is 316 g/mol. The summed E-state index contributed by atoms with van der Waals surface area (Å²) in [5.41, 5.74) is 4.86. The maximum Gasteiger partial charge on any atom is 0.288 e. The molecule has 3 aromatic rings. The zero-order valence-corrected chi connectivity index (χ0v) is 11.9. The number of hydrazone groups is 1. The Bertz CT molecular complexity index is 842. The third-order valence-electron chi connectivity index (χ3n) is 2.94. The molecule has 2 N–H and O–H groups in total. The third-order valence-corrected chi connectivity index (χ3v) is 3.26. The van der Waals surface area contributed by atoms with Gasteiger partial charge in [-0.1, -0.05) is 29.8 Å². The number of hydrogen-bond donors (Lipinski definition) is 2. The van der Waals surface area contributed by atoms with Crippen LogP contribution in [0.5, 0.6) is 0 Å². The lowest BCUT2D eigenvalue weighted by Crippen LogP contribution is -1.94. The van der Waals surface area contributed by atoms with Gasteiger partial charge in [-0.2, -0.15) is 5.10 Å². The first-order chi connectivity index (χ1) is 10.6. The van der Waals surface area contributed by atoms with Gasteiger partial charge in [-0.05, 0) is 18.2 Å². The van der Waals surface area contributed by atoms with Crippen molar-refractivity contribution in [3.63, 3.8) is 0 Å². The van der Waals surface area contributed by atoms with E-state index in [9.17, 15) is 10.1 Å². The minimum Gasteiger partial charge on any atom is -0.323 e. The fourth-order valence-corrected chi connectivity index (χ4v) is 2.11. The summed E-state index contributed by atoms with van der Waals surface area (Å²) in [5, 5.41) is 14.9. The van der Waals surface area contributed by atoms with Crippen molar-refractivity contribution in [3.05, 3.63) is 63.2 Å². The van der Waals surface area contributed by atoms with Gasteiger partial charge in [0.15, 0.2) is 0 Å². The average Bonchev–Trinajstić information content (AvgIpc) is 2.91. The molecule has 0 saturated heterocycles. The molecule has 0 saturated carbocycles. The molecule has 8 heteroatoms. The van der Waals surface area contributed by atoms with E-state index in [2.05, 4.69) is 20.5 Å². The first-order valence-electron chi connectivity index (χ1n) is 6.31. The molecule has 7 nitrogen and oxygen atoms in total. The molecule has 110 valence electrons. The number of halogens is 1. The number of nitrogens with one attached hydrogen (secondary N) is 2. The number of nitro groups is 1. The van der Waals surface area contributed by atoms with Gasteiger partial charge < -0.3 is 4.98 Å². The van der Waals surface area contributed by atoms with Crippen LogP contribution < -0.4 is 5.43 Å². The molecule has 0 fully saturated rings. The van der Waals surface area contributed by atoms with Crippen LogP contribution in [0.1, 0.15) is 5.56 Å². The Morgan fingerprint density at radius 3 is 2.91 bits per heavy atom. The predicted molar refractivity (Wildman–Crippen MR) is 85.4 cm³/mol. The minimum absolute atomic E-state index is 0.0902. The number of fused-ring (bicyclic) bond motifs is 1. The Morgan fingerprint density at radius 2 is 2.14 bits per heavy atom. The summed E-state index contributed by atoms with van der Waals surface area (Å²) >= 11 is 5.75. The van der Waals surface area contributed by atoms with Crippen molar-refractivity contribution >= 4 is 40.5 Å². The van der Waals surface area contributed by atoms with E-state index in [4.69, 9.17) is 11.6 Å². The summed E-state index contributed by atoms with van der Waals surface area (Å²) in [4.78, 5) is 17.6. The normalized spacial score (nSPS) is 11.1. The Morgan fingerprint density at radius 1 is 1.32 bits per heavy atom. The number of H-pyrrole nitrogens is 1. The summed E-state index contributed by atoms with van der Waals surface area (Å²) in [7, 11) is 0. The maximum absolute atomic E-state index is 10.8. The molecule has 0 unspecified atom stereocenters. The minimum atomic E-state index is -0.535. The number of nitro benzene ring substituents is 1. The van der Waals surface area contributed by atoms with Crippen LogP contribution >= 0.6 is 11.6 Å². The maximum atomic E-state index is 10.8. The SMILES string of the molecule is O=[N+]([O-])c1cc(/C=N/Nc2nc3ccccc3[nH]2)ccc1Cl. The number of benzene rings is 2. The Kier molecular flexibility index (Phi) is 3.71. The smallest absolute Gasteiger partial charge is 0.288 e. The van der Waals surface area contributed by atoms with E-state index < -0.39 is 4.92 Å². The number of para-hydroxylation sites is 2. The lowest BCUT2D eigenvalue weighted by molar-refractivity contribution is -0.384. The van der Waals surface area contributed by atoms with Crippen LogP contribution in [0, 0.1) is 10.1 Å². The number of rotatable bonds is 4. The van der Waals surface area contributed by atoms with Gasteiger partial charge in [0.05, 0.1) is 22.2 Å². The summed E-state index contributed by atoms with van der Waals surface area (Å²) < 4.78 is 0. The van der Waals surface area contributed by atoms with E-state index >= 15 is 0 Å². The van der Waals surface area contributed by atoms with E-state index in [-0.39, 0.29) is 10.7 Å². The second-order valence-corrected chi connectivity index (χ2v) is 4.85. The van der Waals surface area contributed by atoms with Crippen LogP contribution in [0.4, 0.5) is 11.6 Å². The van der Waals surface area contributed by atoms with Crippen LogP contribution in [-0.2, 0) is 0 Å². The number of anilines is 1. The lowest BCUT2D eigenvalue weighted by Gasteiger charge is -1.97. The van der Waals surface area contributed by atoms with Gasteiger partial charge in [0, 0.05) is 11.6 Å². The van der Waals surface area contributed by atoms with Crippen molar-refractivity contribution in [2.24, 2.45) is 5.10 Å². The second kappa shape index (κ2) is 5.82. The van der Waals surface area contributed by atoms with Gasteiger partial charge >= 0.3 is 0 Å². The van der Waals surface area contributed by atoms with Gasteiger partial charge in [0.1, 0.15) is 5.02 Å². The highest BCUT2D eigenvalue weighted by molar-refractivity contribution is 6.32. The molecule has 3 rings (SSSR count). The number of hydrogen-bond acceptors (Lipinski definition) is 5. The Balaban J connectivity index is 1.77. The third kappa shape index (κ3) is 2.89. The quantitative estimate of drug-likeness (QED) is 0.437. The molecule has 0 spiro atoms. The molecule has 2 aromatic carbocycles. The number of imidazole rings is 1. The van der Waals surface area contributed by atoms with Crippen molar-refractivity contribution < 1.29 is 4.92 Å². The monoisotopic (exact) mass is 315 g/mol. The van der Waals surface area contributed by atoms with E-state index in [1.165, 1.54) is 18.3 Å². The molecule has 0 aliphatic heterocycles. The molecule has 1 heterocycles. The number of aromatic amines is 1. The van der Waals surface area contributed by atoms with Crippen molar-refractivity contribution in [3.8, 4) is 0 Å². The largest absolute Gasteiger partial charge is 0.323 e. The van der Waals surface area contributed by atoms with Gasteiger partial charge in [-0.3, -0.25) is 10.1 Å². The van der Waals surface area contributed by atoms with Crippen molar-refractivity contribution in [2.75, 3.05) is 5.43 Å². The molecular formula is C14H10ClN5O2. The fourth-order valence-electron chi connectivity index (χ4n) is 1.92. The molecule has 0 atom stereocenters. The van der Waals surface area contributed by atoms with E-state index in [1.807, 2.05) is 24.3 Å². The summed E-state index contributed by atoms with van der Waals surface area (Å²) in [5.74, 6) is 0.487. The van der Waals surface area contributed by atoms with Gasteiger partial charge in [0.25, 0.3) is 5.69 Å². The van der Waals surface area contributed by atoms with Crippen molar-refractivity contribution in [1.29, 1.82) is 0 Å². The van der Waals surface area contributed by atoms with Crippen molar-refractivity contribution in [2.45, 2.75) is 0 Å². The number of nitrogens with zero attached hydrogens (tertiary/aromatic N) is 3. The second-order valence-electron chi connectivity index (χ2n) is 4.44. The van der Waals surface area contributed by atoms with Crippen LogP contribution in [0.25, 0.3) is 11.0 Å². The highest BCUT2D eigenvalue weighted by atomic mass is 35.5. The highest BCUT2D eigenvalue weighted by Crippen LogP contribution is 2.24. The molecular weight excluding hydrogens is 306 g/mol. The molecule has 0 aliphatic carbocycles. The predicted octanol–water partition coefficient (Wildman–Crippen LogP) is 3.57. The lowest BCUT2D eigenvalue weighted by atomic mass is 10.2. The highest BCUT2D eigenvalue weighted by Gasteiger charge is 2.11. The molecule has 0 bridgehead atoms. The summed E-state index contributed by atoms with van der Waals surface area (Å²) in [6, 6.07) is 12.0. The molecule has 0 radical (unpaired) electrons. The zero-order valence-electron chi connectivity index (χ0n) is 11.2.